The first-order valence-electron chi connectivity index (χ1n) is 4.73. The third kappa shape index (κ3) is 2.77. The minimum atomic E-state index is -1.80. The summed E-state index contributed by atoms with van der Waals surface area (Å²) < 4.78 is 16.3. The Balaban J connectivity index is 2.69. The summed E-state index contributed by atoms with van der Waals surface area (Å²) in [6, 6.07) is 0.228. The molecular formula is C9H19NOS. The summed E-state index contributed by atoms with van der Waals surface area (Å²) in [6.07, 6.45) is 2.18. The first-order valence-corrected chi connectivity index (χ1v) is 6.59. The second-order valence-corrected chi connectivity index (χ2v) is 6.63. The van der Waals surface area contributed by atoms with Gasteiger partial charge >= 0.3 is 0 Å². The Morgan fingerprint density at radius 3 is 2.25 bits per heavy atom. The molecule has 0 radical (unpaired) electrons. The van der Waals surface area contributed by atoms with Crippen molar-refractivity contribution in [2.75, 3.05) is 11.5 Å². The van der Waals surface area contributed by atoms with Crippen molar-refractivity contribution in [3.8, 4) is 0 Å². The lowest BCUT2D eigenvalue weighted by atomic mass is 10.1. The zero-order valence-electron chi connectivity index (χ0n) is 8.25. The van der Waals surface area contributed by atoms with Gasteiger partial charge in [-0.1, -0.05) is 6.92 Å². The Hall–Kier alpha value is -0.0500. The Bertz CT molecular complexity index is 237. The molecule has 0 aliphatic carbocycles. The van der Waals surface area contributed by atoms with Gasteiger partial charge in [0.05, 0.1) is 6.04 Å². The minimum Gasteiger partial charge on any atom is -0.250 e. The van der Waals surface area contributed by atoms with Crippen molar-refractivity contribution in [1.29, 1.82) is 0 Å². The van der Waals surface area contributed by atoms with E-state index in [1.54, 1.807) is 0 Å². The van der Waals surface area contributed by atoms with Gasteiger partial charge in [-0.15, -0.1) is 0 Å². The summed E-state index contributed by atoms with van der Waals surface area (Å²) in [5.41, 5.74) is 0. The molecule has 0 aromatic rings. The van der Waals surface area contributed by atoms with Crippen molar-refractivity contribution >= 4 is 9.73 Å². The fourth-order valence-electron chi connectivity index (χ4n) is 1.51. The van der Waals surface area contributed by atoms with Crippen molar-refractivity contribution in [3.63, 3.8) is 0 Å². The standard InChI is InChI=1S/C9H19NOS/c1-8(2)10-12(11)6-4-9(3)5-7-12/h8-9H,4-7H2,1-3H3. The maximum atomic E-state index is 12.0. The molecule has 0 aromatic carbocycles. The third-order valence-corrected chi connectivity index (χ3v) is 4.82. The zero-order valence-corrected chi connectivity index (χ0v) is 9.06. The van der Waals surface area contributed by atoms with E-state index in [9.17, 15) is 4.21 Å². The van der Waals surface area contributed by atoms with Crippen molar-refractivity contribution in [2.45, 2.75) is 39.7 Å². The molecular weight excluding hydrogens is 170 g/mol. The summed E-state index contributed by atoms with van der Waals surface area (Å²) in [4.78, 5) is 0. The van der Waals surface area contributed by atoms with Gasteiger partial charge in [-0.05, 0) is 32.6 Å². The van der Waals surface area contributed by atoms with Crippen LogP contribution in [0.1, 0.15) is 33.6 Å². The fraction of sp³-hybridized carbons (Fsp3) is 1.00. The molecule has 3 heteroatoms. The summed E-state index contributed by atoms with van der Waals surface area (Å²) in [6.45, 7) is 6.24. The molecule has 72 valence electrons. The van der Waals surface area contributed by atoms with Crippen LogP contribution in [0.2, 0.25) is 0 Å². The van der Waals surface area contributed by atoms with Gasteiger partial charge in [0.25, 0.3) is 0 Å². The van der Waals surface area contributed by atoms with Crippen LogP contribution in [-0.4, -0.2) is 21.8 Å². The van der Waals surface area contributed by atoms with E-state index in [1.165, 1.54) is 0 Å². The van der Waals surface area contributed by atoms with E-state index in [4.69, 9.17) is 0 Å². The zero-order chi connectivity index (χ0) is 9.19. The largest absolute Gasteiger partial charge is 0.250 e. The Morgan fingerprint density at radius 1 is 1.33 bits per heavy atom. The highest BCUT2D eigenvalue weighted by Crippen LogP contribution is 2.20. The van der Waals surface area contributed by atoms with E-state index in [0.29, 0.717) is 0 Å². The lowest BCUT2D eigenvalue weighted by Gasteiger charge is -2.21. The third-order valence-electron chi connectivity index (χ3n) is 2.26. The van der Waals surface area contributed by atoms with Gasteiger partial charge in [-0.2, -0.15) is 0 Å². The van der Waals surface area contributed by atoms with Crippen LogP contribution in [0.15, 0.2) is 4.36 Å². The average Bonchev–Trinajstić information content (AvgIpc) is 1.94. The topological polar surface area (TPSA) is 29.4 Å². The monoisotopic (exact) mass is 189 g/mol. The van der Waals surface area contributed by atoms with Crippen LogP contribution in [0, 0.1) is 5.92 Å². The molecule has 0 bridgehead atoms. The lowest BCUT2D eigenvalue weighted by molar-refractivity contribution is 0.522. The second-order valence-electron chi connectivity index (χ2n) is 4.06. The van der Waals surface area contributed by atoms with E-state index in [-0.39, 0.29) is 6.04 Å². The van der Waals surface area contributed by atoms with Crippen molar-refractivity contribution in [3.05, 3.63) is 0 Å². The van der Waals surface area contributed by atoms with Crippen LogP contribution < -0.4 is 0 Å². The number of nitrogens with zero attached hydrogens (tertiary/aromatic N) is 1. The van der Waals surface area contributed by atoms with Crippen molar-refractivity contribution in [2.24, 2.45) is 10.3 Å². The highest BCUT2D eigenvalue weighted by atomic mass is 32.2. The van der Waals surface area contributed by atoms with Crippen LogP contribution in [0.4, 0.5) is 0 Å². The predicted molar refractivity (Wildman–Crippen MR) is 53.8 cm³/mol. The van der Waals surface area contributed by atoms with Gasteiger partial charge < -0.3 is 0 Å². The second kappa shape index (κ2) is 3.77. The molecule has 1 rings (SSSR count). The summed E-state index contributed by atoms with van der Waals surface area (Å²) in [7, 11) is -1.80. The van der Waals surface area contributed by atoms with Gasteiger partial charge in [0.1, 0.15) is 0 Å². The van der Waals surface area contributed by atoms with Crippen molar-refractivity contribution < 1.29 is 4.21 Å². The van der Waals surface area contributed by atoms with Gasteiger partial charge in [-0.25, -0.2) is 8.57 Å². The summed E-state index contributed by atoms with van der Waals surface area (Å²) >= 11 is 0. The minimum absolute atomic E-state index is 0.228. The van der Waals surface area contributed by atoms with E-state index in [0.717, 1.165) is 30.3 Å². The summed E-state index contributed by atoms with van der Waals surface area (Å²) in [5, 5.41) is 0. The fourth-order valence-corrected chi connectivity index (χ4v) is 4.23. The highest BCUT2D eigenvalue weighted by molar-refractivity contribution is 7.93. The molecule has 0 atom stereocenters. The molecule has 0 amide bonds. The number of hydrogen-bond donors (Lipinski definition) is 0. The predicted octanol–water partition coefficient (Wildman–Crippen LogP) is 2.29. The molecule has 0 unspecified atom stereocenters. The molecule has 1 heterocycles. The Labute approximate surface area is 75.9 Å². The normalized spacial score (nSPS) is 36.8. The lowest BCUT2D eigenvalue weighted by Crippen LogP contribution is -2.22. The average molecular weight is 189 g/mol. The van der Waals surface area contributed by atoms with Crippen molar-refractivity contribution in [1.82, 2.24) is 0 Å². The quantitative estimate of drug-likeness (QED) is 0.622. The molecule has 1 fully saturated rings. The molecule has 2 nitrogen and oxygen atoms in total. The van der Waals surface area contributed by atoms with E-state index >= 15 is 0 Å². The maximum Gasteiger partial charge on any atom is 0.0537 e. The molecule has 1 aliphatic heterocycles. The number of rotatable bonds is 1. The van der Waals surface area contributed by atoms with Gasteiger partial charge in [0.2, 0.25) is 0 Å². The van der Waals surface area contributed by atoms with Crippen LogP contribution in [-0.2, 0) is 9.73 Å². The number of hydrogen-bond acceptors (Lipinski definition) is 2. The van der Waals surface area contributed by atoms with Crippen LogP contribution in [0.3, 0.4) is 0 Å². The highest BCUT2D eigenvalue weighted by Gasteiger charge is 2.19. The SMILES string of the molecule is CC1CCS(=O)(=NC(C)C)CC1. The Kier molecular flexibility index (Phi) is 3.16. The summed E-state index contributed by atoms with van der Waals surface area (Å²) in [5.74, 6) is 2.40. The van der Waals surface area contributed by atoms with Crippen LogP contribution in [0.25, 0.3) is 0 Å². The maximum absolute atomic E-state index is 12.0. The molecule has 0 saturated carbocycles. The molecule has 1 saturated heterocycles. The first-order chi connectivity index (χ1) is 5.52. The molecule has 0 N–H and O–H groups in total. The Morgan fingerprint density at radius 2 is 1.83 bits per heavy atom. The molecule has 1 aliphatic rings. The van der Waals surface area contributed by atoms with E-state index < -0.39 is 9.73 Å². The van der Waals surface area contributed by atoms with E-state index in [1.807, 2.05) is 13.8 Å². The smallest absolute Gasteiger partial charge is 0.0537 e. The van der Waals surface area contributed by atoms with Gasteiger partial charge in [0.15, 0.2) is 0 Å². The molecule has 0 aromatic heterocycles. The van der Waals surface area contributed by atoms with Gasteiger partial charge in [-0.3, -0.25) is 0 Å². The molecule has 0 spiro atoms. The molecule has 12 heavy (non-hydrogen) atoms. The van der Waals surface area contributed by atoms with Gasteiger partial charge in [0, 0.05) is 21.2 Å². The van der Waals surface area contributed by atoms with E-state index in [2.05, 4.69) is 11.3 Å². The van der Waals surface area contributed by atoms with Crippen LogP contribution >= 0.6 is 0 Å². The first kappa shape index (κ1) is 10.0. The van der Waals surface area contributed by atoms with Crippen LogP contribution in [0.5, 0.6) is 0 Å².